The summed E-state index contributed by atoms with van der Waals surface area (Å²) in [7, 11) is 0. The Bertz CT molecular complexity index is 858. The van der Waals surface area contributed by atoms with Gasteiger partial charge in [-0.1, -0.05) is 19.9 Å². The second kappa shape index (κ2) is 6.66. The topological polar surface area (TPSA) is 76.7 Å². The van der Waals surface area contributed by atoms with E-state index in [1.165, 1.54) is 5.56 Å². The van der Waals surface area contributed by atoms with Crippen LogP contribution in [0.2, 0.25) is 0 Å². The number of hydrogen-bond donors (Lipinski definition) is 2. The highest BCUT2D eigenvalue weighted by Crippen LogP contribution is 2.28. The molecule has 0 atom stereocenters. The highest BCUT2D eigenvalue weighted by Gasteiger charge is 2.11. The van der Waals surface area contributed by atoms with Crippen molar-refractivity contribution in [2.75, 3.05) is 11.1 Å². The zero-order valence-electron chi connectivity index (χ0n) is 14.1. The minimum absolute atomic E-state index is 0.394. The molecule has 2 heterocycles. The Morgan fingerprint density at radius 3 is 2.71 bits per heavy atom. The molecule has 0 bridgehead atoms. The van der Waals surface area contributed by atoms with E-state index in [-0.39, 0.29) is 0 Å². The van der Waals surface area contributed by atoms with E-state index in [2.05, 4.69) is 34.1 Å². The number of hydrogen-bond acceptors (Lipinski definition) is 5. The fourth-order valence-electron chi connectivity index (χ4n) is 2.59. The lowest BCUT2D eigenvalue weighted by Gasteiger charge is -2.13. The van der Waals surface area contributed by atoms with Crippen molar-refractivity contribution in [1.82, 2.24) is 15.0 Å². The summed E-state index contributed by atoms with van der Waals surface area (Å²) in [6, 6.07) is 9.67. The SMILES string of the molecule is Cc1ccc(N)cc1Nc1nccc(-c2cnccc2C(C)C)n1. The van der Waals surface area contributed by atoms with Crippen molar-refractivity contribution >= 4 is 17.3 Å². The number of benzene rings is 1. The van der Waals surface area contributed by atoms with E-state index in [1.54, 1.807) is 6.20 Å². The Hall–Kier alpha value is -2.95. The van der Waals surface area contributed by atoms with Crippen LogP contribution in [0.3, 0.4) is 0 Å². The molecule has 3 rings (SSSR count). The summed E-state index contributed by atoms with van der Waals surface area (Å²) >= 11 is 0. The highest BCUT2D eigenvalue weighted by molar-refractivity contribution is 5.67. The van der Waals surface area contributed by atoms with Crippen LogP contribution >= 0.6 is 0 Å². The second-order valence-electron chi connectivity index (χ2n) is 6.08. The van der Waals surface area contributed by atoms with Crippen LogP contribution in [-0.2, 0) is 0 Å². The van der Waals surface area contributed by atoms with Crippen LogP contribution in [0.4, 0.5) is 17.3 Å². The summed E-state index contributed by atoms with van der Waals surface area (Å²) in [5.74, 6) is 0.935. The van der Waals surface area contributed by atoms with Crippen molar-refractivity contribution in [3.63, 3.8) is 0 Å². The maximum Gasteiger partial charge on any atom is 0.227 e. The quantitative estimate of drug-likeness (QED) is 0.701. The number of aryl methyl sites for hydroxylation is 1. The minimum Gasteiger partial charge on any atom is -0.399 e. The molecule has 5 nitrogen and oxygen atoms in total. The third-order valence-corrected chi connectivity index (χ3v) is 3.92. The number of rotatable bonds is 4. The zero-order chi connectivity index (χ0) is 17.1. The van der Waals surface area contributed by atoms with Gasteiger partial charge in [0.25, 0.3) is 0 Å². The van der Waals surface area contributed by atoms with E-state index in [1.807, 2.05) is 49.6 Å². The number of anilines is 3. The highest BCUT2D eigenvalue weighted by atomic mass is 15.1. The molecular weight excluding hydrogens is 298 g/mol. The van der Waals surface area contributed by atoms with Gasteiger partial charge in [0.05, 0.1) is 5.69 Å². The normalized spacial score (nSPS) is 10.8. The molecule has 0 aliphatic carbocycles. The van der Waals surface area contributed by atoms with Crippen molar-refractivity contribution < 1.29 is 0 Å². The molecule has 122 valence electrons. The lowest BCUT2D eigenvalue weighted by molar-refractivity contribution is 0.864. The smallest absolute Gasteiger partial charge is 0.227 e. The summed E-state index contributed by atoms with van der Waals surface area (Å²) < 4.78 is 0. The van der Waals surface area contributed by atoms with E-state index in [4.69, 9.17) is 5.73 Å². The molecule has 0 saturated carbocycles. The third kappa shape index (κ3) is 3.35. The number of aromatic nitrogens is 3. The number of nitrogens with zero attached hydrogens (tertiary/aromatic N) is 3. The van der Waals surface area contributed by atoms with Crippen molar-refractivity contribution in [2.24, 2.45) is 0 Å². The predicted octanol–water partition coefficient (Wildman–Crippen LogP) is 4.30. The van der Waals surface area contributed by atoms with Gasteiger partial charge in [-0.2, -0.15) is 0 Å². The number of nitrogens with one attached hydrogen (secondary N) is 1. The fraction of sp³-hybridized carbons (Fsp3) is 0.211. The molecule has 1 aromatic carbocycles. The van der Waals surface area contributed by atoms with Gasteiger partial charge in [0.1, 0.15) is 0 Å². The first-order chi connectivity index (χ1) is 11.5. The average Bonchev–Trinajstić information content (AvgIpc) is 2.58. The van der Waals surface area contributed by atoms with Gasteiger partial charge in [-0.05, 0) is 48.2 Å². The standard InChI is InChI=1S/C19H21N5/c1-12(2)15-6-8-21-11-16(15)17-7-9-22-19(23-17)24-18-10-14(20)5-4-13(18)3/h4-12H,20H2,1-3H3,(H,22,23,24). The van der Waals surface area contributed by atoms with Crippen LogP contribution < -0.4 is 11.1 Å². The van der Waals surface area contributed by atoms with E-state index >= 15 is 0 Å². The molecule has 0 aliphatic heterocycles. The van der Waals surface area contributed by atoms with Crippen LogP contribution in [0.5, 0.6) is 0 Å². The van der Waals surface area contributed by atoms with Gasteiger partial charge < -0.3 is 11.1 Å². The number of pyridine rings is 1. The van der Waals surface area contributed by atoms with Crippen LogP contribution in [0.1, 0.15) is 30.9 Å². The molecular formula is C19H21N5. The summed E-state index contributed by atoms with van der Waals surface area (Å²) in [4.78, 5) is 13.2. The molecule has 0 unspecified atom stereocenters. The van der Waals surface area contributed by atoms with Gasteiger partial charge in [-0.15, -0.1) is 0 Å². The second-order valence-corrected chi connectivity index (χ2v) is 6.08. The lowest BCUT2D eigenvalue weighted by atomic mass is 9.97. The summed E-state index contributed by atoms with van der Waals surface area (Å²) in [5, 5.41) is 3.25. The van der Waals surface area contributed by atoms with Gasteiger partial charge >= 0.3 is 0 Å². The molecule has 0 aliphatic rings. The van der Waals surface area contributed by atoms with E-state index < -0.39 is 0 Å². The van der Waals surface area contributed by atoms with Gasteiger partial charge in [-0.25, -0.2) is 9.97 Å². The molecule has 2 aromatic heterocycles. The Kier molecular flexibility index (Phi) is 4.42. The number of nitrogens with two attached hydrogens (primary N) is 1. The van der Waals surface area contributed by atoms with Crippen molar-refractivity contribution in [2.45, 2.75) is 26.7 Å². The monoisotopic (exact) mass is 319 g/mol. The van der Waals surface area contributed by atoms with Gasteiger partial charge in [0, 0.05) is 35.5 Å². The molecule has 0 amide bonds. The van der Waals surface area contributed by atoms with E-state index in [0.717, 1.165) is 22.5 Å². The lowest BCUT2D eigenvalue weighted by Crippen LogP contribution is -2.01. The Balaban J connectivity index is 1.97. The molecule has 0 saturated heterocycles. The molecule has 24 heavy (non-hydrogen) atoms. The maximum atomic E-state index is 5.87. The van der Waals surface area contributed by atoms with Crippen LogP contribution in [0.15, 0.2) is 48.9 Å². The Morgan fingerprint density at radius 2 is 1.92 bits per heavy atom. The van der Waals surface area contributed by atoms with E-state index in [0.29, 0.717) is 17.6 Å². The molecule has 5 heteroatoms. The van der Waals surface area contributed by atoms with E-state index in [9.17, 15) is 0 Å². The first-order valence-electron chi connectivity index (χ1n) is 7.95. The third-order valence-electron chi connectivity index (χ3n) is 3.92. The summed E-state index contributed by atoms with van der Waals surface area (Å²) in [6.45, 7) is 6.34. The minimum atomic E-state index is 0.394. The van der Waals surface area contributed by atoms with Crippen LogP contribution in [-0.4, -0.2) is 15.0 Å². The summed E-state index contributed by atoms with van der Waals surface area (Å²) in [6.07, 6.45) is 5.42. The van der Waals surface area contributed by atoms with Crippen LogP contribution in [0.25, 0.3) is 11.3 Å². The molecule has 3 aromatic rings. The molecule has 3 N–H and O–H groups in total. The van der Waals surface area contributed by atoms with Gasteiger partial charge in [-0.3, -0.25) is 4.98 Å². The Labute approximate surface area is 142 Å². The summed E-state index contributed by atoms with van der Waals surface area (Å²) in [5.41, 5.74) is 11.7. The molecule has 0 fully saturated rings. The maximum absolute atomic E-state index is 5.87. The fourth-order valence-corrected chi connectivity index (χ4v) is 2.59. The molecule has 0 radical (unpaired) electrons. The van der Waals surface area contributed by atoms with Crippen molar-refractivity contribution in [3.8, 4) is 11.3 Å². The van der Waals surface area contributed by atoms with Crippen LogP contribution in [0, 0.1) is 6.92 Å². The van der Waals surface area contributed by atoms with Gasteiger partial charge in [0.15, 0.2) is 0 Å². The predicted molar refractivity (Wildman–Crippen MR) is 98.2 cm³/mol. The van der Waals surface area contributed by atoms with Gasteiger partial charge in [0.2, 0.25) is 5.95 Å². The molecule has 0 spiro atoms. The van der Waals surface area contributed by atoms with Crippen molar-refractivity contribution in [1.29, 1.82) is 0 Å². The van der Waals surface area contributed by atoms with Crippen molar-refractivity contribution in [3.05, 3.63) is 60.0 Å². The first-order valence-corrected chi connectivity index (χ1v) is 7.95. The average molecular weight is 319 g/mol. The largest absolute Gasteiger partial charge is 0.399 e. The number of nitrogen functional groups attached to an aromatic ring is 1. The first kappa shape index (κ1) is 15.9. The Morgan fingerprint density at radius 1 is 1.08 bits per heavy atom. The zero-order valence-corrected chi connectivity index (χ0v) is 14.1.